The number of carboxylic acids is 1. The molecule has 1 aliphatic heterocycles. The molecular formula is C14H12N4O2. The lowest BCUT2D eigenvalue weighted by Gasteiger charge is -2.38. The molecule has 3 rings (SSSR count). The van der Waals surface area contributed by atoms with Crippen LogP contribution in [0, 0.1) is 17.2 Å². The van der Waals surface area contributed by atoms with Gasteiger partial charge in [-0.1, -0.05) is 18.2 Å². The summed E-state index contributed by atoms with van der Waals surface area (Å²) in [6.07, 6.45) is 1.51. The number of benzene rings is 1. The Bertz CT molecular complexity index is 681. The predicted octanol–water partition coefficient (Wildman–Crippen LogP) is 1.26. The van der Waals surface area contributed by atoms with E-state index in [1.807, 2.05) is 35.2 Å². The van der Waals surface area contributed by atoms with Crippen LogP contribution in [0.3, 0.4) is 0 Å². The van der Waals surface area contributed by atoms with E-state index in [1.165, 1.54) is 6.20 Å². The first-order chi connectivity index (χ1) is 9.70. The maximum Gasteiger partial charge on any atom is 0.310 e. The van der Waals surface area contributed by atoms with Crippen LogP contribution >= 0.6 is 0 Å². The molecule has 0 amide bonds. The number of hydrogen-bond acceptors (Lipinski definition) is 4. The largest absolute Gasteiger partial charge is 0.481 e. The molecule has 2 aromatic rings. The van der Waals surface area contributed by atoms with E-state index in [0.717, 1.165) is 5.69 Å². The summed E-state index contributed by atoms with van der Waals surface area (Å²) in [5, 5.41) is 22.4. The second-order valence-corrected chi connectivity index (χ2v) is 4.68. The number of carbonyl (C=O) groups is 1. The molecule has 6 heteroatoms. The minimum Gasteiger partial charge on any atom is -0.481 e. The molecule has 2 heterocycles. The fraction of sp³-hybridized carbons (Fsp3) is 0.214. The van der Waals surface area contributed by atoms with Crippen molar-refractivity contribution >= 4 is 11.8 Å². The fourth-order valence-corrected chi connectivity index (χ4v) is 2.29. The van der Waals surface area contributed by atoms with Crippen molar-refractivity contribution in [3.63, 3.8) is 0 Å². The summed E-state index contributed by atoms with van der Waals surface area (Å²) in [6.45, 7) is 0.811. The molecular weight excluding hydrogens is 256 g/mol. The van der Waals surface area contributed by atoms with Crippen molar-refractivity contribution in [2.45, 2.75) is 0 Å². The van der Waals surface area contributed by atoms with Crippen molar-refractivity contribution in [2.24, 2.45) is 5.92 Å². The Morgan fingerprint density at radius 2 is 2.05 bits per heavy atom. The molecule has 20 heavy (non-hydrogen) atoms. The summed E-state index contributed by atoms with van der Waals surface area (Å²) in [4.78, 5) is 12.8. The summed E-state index contributed by atoms with van der Waals surface area (Å²) in [5.41, 5.74) is 1.31. The predicted molar refractivity (Wildman–Crippen MR) is 71.6 cm³/mol. The monoisotopic (exact) mass is 268 g/mol. The van der Waals surface area contributed by atoms with Gasteiger partial charge in [-0.25, -0.2) is 4.68 Å². The van der Waals surface area contributed by atoms with Crippen molar-refractivity contribution in [1.82, 2.24) is 9.78 Å². The highest BCUT2D eigenvalue weighted by molar-refractivity contribution is 5.75. The zero-order valence-corrected chi connectivity index (χ0v) is 10.6. The number of hydrogen-bond donors (Lipinski definition) is 1. The quantitative estimate of drug-likeness (QED) is 0.906. The van der Waals surface area contributed by atoms with Gasteiger partial charge in [0.2, 0.25) is 0 Å². The highest BCUT2D eigenvalue weighted by Crippen LogP contribution is 2.29. The number of nitrogens with zero attached hydrogens (tertiary/aromatic N) is 4. The summed E-state index contributed by atoms with van der Waals surface area (Å²) in [6, 6.07) is 11.6. The third kappa shape index (κ3) is 1.89. The van der Waals surface area contributed by atoms with Gasteiger partial charge in [0.1, 0.15) is 17.5 Å². The van der Waals surface area contributed by atoms with Crippen molar-refractivity contribution in [3.8, 4) is 11.8 Å². The van der Waals surface area contributed by atoms with E-state index >= 15 is 0 Å². The molecule has 1 fully saturated rings. The molecule has 0 radical (unpaired) electrons. The first-order valence-electron chi connectivity index (χ1n) is 6.22. The maximum absolute atomic E-state index is 10.9. The number of aromatic nitrogens is 2. The zero-order valence-electron chi connectivity index (χ0n) is 10.6. The maximum atomic E-state index is 10.9. The van der Waals surface area contributed by atoms with Crippen molar-refractivity contribution in [2.75, 3.05) is 18.0 Å². The first-order valence-corrected chi connectivity index (χ1v) is 6.22. The number of carboxylic acid groups (broad SMARTS) is 1. The number of aliphatic carboxylic acids is 1. The molecule has 0 aliphatic carbocycles. The van der Waals surface area contributed by atoms with Crippen LogP contribution in [0.2, 0.25) is 0 Å². The van der Waals surface area contributed by atoms with Gasteiger partial charge in [-0.15, -0.1) is 0 Å². The van der Waals surface area contributed by atoms with Gasteiger partial charge in [-0.05, 0) is 12.1 Å². The summed E-state index contributed by atoms with van der Waals surface area (Å²) < 4.78 is 1.68. The Balaban J connectivity index is 1.96. The molecule has 6 nitrogen and oxygen atoms in total. The molecule has 1 saturated heterocycles. The second-order valence-electron chi connectivity index (χ2n) is 4.68. The van der Waals surface area contributed by atoms with Crippen LogP contribution in [0.1, 0.15) is 5.56 Å². The van der Waals surface area contributed by atoms with Crippen LogP contribution in [0.4, 0.5) is 5.82 Å². The van der Waals surface area contributed by atoms with E-state index in [-0.39, 0.29) is 5.92 Å². The average molecular weight is 268 g/mol. The molecule has 1 aliphatic rings. The minimum atomic E-state index is -0.800. The van der Waals surface area contributed by atoms with Crippen molar-refractivity contribution in [3.05, 3.63) is 42.1 Å². The van der Waals surface area contributed by atoms with E-state index in [2.05, 4.69) is 11.2 Å². The van der Waals surface area contributed by atoms with E-state index in [0.29, 0.717) is 24.5 Å². The van der Waals surface area contributed by atoms with Crippen LogP contribution in [0.5, 0.6) is 0 Å². The molecule has 0 spiro atoms. The van der Waals surface area contributed by atoms with Crippen LogP contribution in [0.15, 0.2) is 36.5 Å². The number of para-hydroxylation sites is 1. The number of anilines is 1. The number of rotatable bonds is 3. The van der Waals surface area contributed by atoms with E-state index < -0.39 is 5.97 Å². The molecule has 0 atom stereocenters. The Hall–Kier alpha value is -2.81. The minimum absolute atomic E-state index is 0.374. The smallest absolute Gasteiger partial charge is 0.310 e. The van der Waals surface area contributed by atoms with E-state index in [9.17, 15) is 10.1 Å². The standard InChI is InChI=1S/C14H12N4O2/c15-6-10-7-16-18(12-4-2-1-3-5-12)13(10)17-8-11(9-17)14(19)20/h1-5,7,11H,8-9H2,(H,19,20). The van der Waals surface area contributed by atoms with Gasteiger partial charge < -0.3 is 10.0 Å². The molecule has 1 aromatic carbocycles. The summed E-state index contributed by atoms with van der Waals surface area (Å²) >= 11 is 0. The van der Waals surface area contributed by atoms with Crippen LogP contribution in [-0.2, 0) is 4.79 Å². The van der Waals surface area contributed by atoms with Crippen LogP contribution in [-0.4, -0.2) is 33.9 Å². The lowest BCUT2D eigenvalue weighted by Crippen LogP contribution is -2.51. The van der Waals surface area contributed by atoms with Gasteiger partial charge in [-0.3, -0.25) is 4.79 Å². The Labute approximate surface area is 115 Å². The van der Waals surface area contributed by atoms with Crippen molar-refractivity contribution < 1.29 is 9.90 Å². The van der Waals surface area contributed by atoms with Crippen LogP contribution < -0.4 is 4.90 Å². The number of nitriles is 1. The Morgan fingerprint density at radius 3 is 2.65 bits per heavy atom. The lowest BCUT2D eigenvalue weighted by molar-refractivity contribution is -0.142. The first kappa shape index (κ1) is 12.2. The summed E-state index contributed by atoms with van der Waals surface area (Å²) in [7, 11) is 0. The summed E-state index contributed by atoms with van der Waals surface area (Å²) in [5.74, 6) is -0.512. The molecule has 0 saturated carbocycles. The third-order valence-electron chi connectivity index (χ3n) is 3.40. The molecule has 0 bridgehead atoms. The molecule has 100 valence electrons. The van der Waals surface area contributed by atoms with E-state index in [4.69, 9.17) is 5.11 Å². The van der Waals surface area contributed by atoms with Gasteiger partial charge in [-0.2, -0.15) is 10.4 Å². The normalized spacial score (nSPS) is 14.7. The van der Waals surface area contributed by atoms with Gasteiger partial charge >= 0.3 is 5.97 Å². The third-order valence-corrected chi connectivity index (χ3v) is 3.40. The Kier molecular flexibility index (Phi) is 2.88. The fourth-order valence-electron chi connectivity index (χ4n) is 2.29. The van der Waals surface area contributed by atoms with E-state index in [1.54, 1.807) is 4.68 Å². The Morgan fingerprint density at radius 1 is 1.35 bits per heavy atom. The molecule has 0 unspecified atom stereocenters. The SMILES string of the molecule is N#Cc1cnn(-c2ccccc2)c1N1CC(C(=O)O)C1. The van der Waals surface area contributed by atoms with Gasteiger partial charge in [0.05, 0.1) is 17.8 Å². The molecule has 1 aromatic heterocycles. The van der Waals surface area contributed by atoms with Gasteiger partial charge in [0.25, 0.3) is 0 Å². The van der Waals surface area contributed by atoms with Crippen molar-refractivity contribution in [1.29, 1.82) is 5.26 Å². The van der Waals surface area contributed by atoms with Gasteiger partial charge in [0.15, 0.2) is 0 Å². The zero-order chi connectivity index (χ0) is 14.1. The highest BCUT2D eigenvalue weighted by atomic mass is 16.4. The van der Waals surface area contributed by atoms with Crippen LogP contribution in [0.25, 0.3) is 5.69 Å². The second kappa shape index (κ2) is 4.70. The average Bonchev–Trinajstić information content (AvgIpc) is 2.81. The highest BCUT2D eigenvalue weighted by Gasteiger charge is 2.35. The topological polar surface area (TPSA) is 82.2 Å². The lowest BCUT2D eigenvalue weighted by atomic mass is 10.0. The van der Waals surface area contributed by atoms with Gasteiger partial charge in [0, 0.05) is 13.1 Å². The molecule has 1 N–H and O–H groups in total.